The monoisotopic (exact) mass is 160 g/mol. The second-order valence-corrected chi connectivity index (χ2v) is 1.94. The molecule has 4 heteroatoms. The highest BCUT2D eigenvalue weighted by Crippen LogP contribution is 1.86. The molecule has 0 N–H and O–H groups in total. The summed E-state index contributed by atoms with van der Waals surface area (Å²) in [7, 11) is 1.58. The number of carbonyl (C=O) groups is 2. The summed E-state index contributed by atoms with van der Waals surface area (Å²) in [6.07, 6.45) is 1.03. The van der Waals surface area contributed by atoms with Gasteiger partial charge < -0.3 is 14.3 Å². The summed E-state index contributed by atoms with van der Waals surface area (Å²) in [5.41, 5.74) is 0. The zero-order chi connectivity index (χ0) is 8.53. The standard InChI is InChI=1S/C7H12O4/c1-10-5-2-6-11-7(9)3-4-8/h4H,2-3,5-6H2,1H3. The van der Waals surface area contributed by atoms with Crippen molar-refractivity contribution in [2.24, 2.45) is 0 Å². The minimum atomic E-state index is -0.476. The summed E-state index contributed by atoms with van der Waals surface area (Å²) >= 11 is 0. The van der Waals surface area contributed by atoms with Crippen LogP contribution in [0.2, 0.25) is 0 Å². The Balaban J connectivity index is 3.10. The third-order valence-corrected chi connectivity index (χ3v) is 1.01. The number of hydrogen-bond donors (Lipinski definition) is 0. The Morgan fingerprint density at radius 2 is 2.18 bits per heavy atom. The third kappa shape index (κ3) is 6.99. The molecule has 0 radical (unpaired) electrons. The Kier molecular flexibility index (Phi) is 6.62. The van der Waals surface area contributed by atoms with Gasteiger partial charge in [0.05, 0.1) is 6.61 Å². The molecule has 0 aromatic heterocycles. The van der Waals surface area contributed by atoms with Crippen molar-refractivity contribution in [1.82, 2.24) is 0 Å². The SMILES string of the molecule is COCCCOC(=O)CC=O. The van der Waals surface area contributed by atoms with Crippen LogP contribution < -0.4 is 0 Å². The normalized spacial score (nSPS) is 9.18. The van der Waals surface area contributed by atoms with Crippen molar-refractivity contribution in [3.05, 3.63) is 0 Å². The van der Waals surface area contributed by atoms with Gasteiger partial charge in [0.1, 0.15) is 12.7 Å². The van der Waals surface area contributed by atoms with E-state index < -0.39 is 5.97 Å². The highest BCUT2D eigenvalue weighted by atomic mass is 16.5. The molecule has 0 aliphatic heterocycles. The van der Waals surface area contributed by atoms with Gasteiger partial charge >= 0.3 is 5.97 Å². The second kappa shape index (κ2) is 7.21. The smallest absolute Gasteiger partial charge is 0.313 e. The number of methoxy groups -OCH3 is 1. The van der Waals surface area contributed by atoms with Crippen molar-refractivity contribution >= 4 is 12.3 Å². The van der Waals surface area contributed by atoms with E-state index in [2.05, 4.69) is 4.74 Å². The molecule has 0 atom stereocenters. The number of carbonyl (C=O) groups excluding carboxylic acids is 2. The largest absolute Gasteiger partial charge is 0.465 e. The quantitative estimate of drug-likeness (QED) is 0.240. The van der Waals surface area contributed by atoms with Crippen LogP contribution in [0.25, 0.3) is 0 Å². The highest BCUT2D eigenvalue weighted by molar-refractivity contribution is 5.83. The van der Waals surface area contributed by atoms with E-state index in [1.54, 1.807) is 7.11 Å². The summed E-state index contributed by atoms with van der Waals surface area (Å²) in [6.45, 7) is 0.884. The number of esters is 1. The van der Waals surface area contributed by atoms with E-state index in [-0.39, 0.29) is 6.42 Å². The molecule has 0 aromatic carbocycles. The molecule has 0 bridgehead atoms. The maximum Gasteiger partial charge on any atom is 0.313 e. The molecule has 0 amide bonds. The fraction of sp³-hybridized carbons (Fsp3) is 0.714. The lowest BCUT2D eigenvalue weighted by Crippen LogP contribution is -2.07. The molecule has 0 unspecified atom stereocenters. The molecule has 0 heterocycles. The van der Waals surface area contributed by atoms with Crippen LogP contribution in [0.1, 0.15) is 12.8 Å². The molecule has 0 aliphatic rings. The van der Waals surface area contributed by atoms with E-state index in [4.69, 9.17) is 4.74 Å². The Morgan fingerprint density at radius 3 is 2.73 bits per heavy atom. The molecule has 0 spiro atoms. The lowest BCUT2D eigenvalue weighted by Gasteiger charge is -2.00. The number of aldehydes is 1. The van der Waals surface area contributed by atoms with E-state index >= 15 is 0 Å². The second-order valence-electron chi connectivity index (χ2n) is 1.94. The van der Waals surface area contributed by atoms with Crippen LogP contribution in [0.15, 0.2) is 0 Å². The number of ether oxygens (including phenoxy) is 2. The van der Waals surface area contributed by atoms with Crippen molar-refractivity contribution in [3.8, 4) is 0 Å². The first-order chi connectivity index (χ1) is 5.31. The fourth-order valence-electron chi connectivity index (χ4n) is 0.516. The number of rotatable bonds is 6. The molecule has 4 nitrogen and oxygen atoms in total. The van der Waals surface area contributed by atoms with Crippen LogP contribution in [0.5, 0.6) is 0 Å². The minimum absolute atomic E-state index is 0.160. The average Bonchev–Trinajstić information content (AvgIpc) is 1.99. The van der Waals surface area contributed by atoms with Gasteiger partial charge in [-0.25, -0.2) is 0 Å². The van der Waals surface area contributed by atoms with Crippen molar-refractivity contribution in [3.63, 3.8) is 0 Å². The molecule has 0 saturated heterocycles. The van der Waals surface area contributed by atoms with Crippen molar-refractivity contribution in [1.29, 1.82) is 0 Å². The Labute approximate surface area is 65.5 Å². The molecule has 0 fully saturated rings. The van der Waals surface area contributed by atoms with Gasteiger partial charge in [0.25, 0.3) is 0 Å². The first kappa shape index (κ1) is 10.1. The molecule has 64 valence electrons. The van der Waals surface area contributed by atoms with Crippen LogP contribution in [0, 0.1) is 0 Å². The molecular formula is C7H12O4. The summed E-state index contributed by atoms with van der Waals surface area (Å²) in [6, 6.07) is 0. The lowest BCUT2D eigenvalue weighted by molar-refractivity contribution is -0.144. The van der Waals surface area contributed by atoms with Gasteiger partial charge in [-0.1, -0.05) is 0 Å². The Hall–Kier alpha value is -0.900. The summed E-state index contributed by atoms with van der Waals surface area (Å²) in [4.78, 5) is 20.3. The minimum Gasteiger partial charge on any atom is -0.465 e. The summed E-state index contributed by atoms with van der Waals surface area (Å²) < 4.78 is 9.36. The van der Waals surface area contributed by atoms with Crippen LogP contribution >= 0.6 is 0 Å². The van der Waals surface area contributed by atoms with Gasteiger partial charge in [0.15, 0.2) is 0 Å². The van der Waals surface area contributed by atoms with Crippen LogP contribution in [0.3, 0.4) is 0 Å². The first-order valence-corrected chi connectivity index (χ1v) is 3.39. The third-order valence-electron chi connectivity index (χ3n) is 1.01. The molecule has 0 aliphatic carbocycles. The summed E-state index contributed by atoms with van der Waals surface area (Å²) in [5, 5.41) is 0. The van der Waals surface area contributed by atoms with Crippen LogP contribution in [0.4, 0.5) is 0 Å². The van der Waals surface area contributed by atoms with E-state index in [0.29, 0.717) is 25.9 Å². The number of hydrogen-bond acceptors (Lipinski definition) is 4. The van der Waals surface area contributed by atoms with Gasteiger partial charge in [-0.05, 0) is 0 Å². The molecular weight excluding hydrogens is 148 g/mol. The van der Waals surface area contributed by atoms with Crippen molar-refractivity contribution in [2.45, 2.75) is 12.8 Å². The Bertz CT molecular complexity index is 122. The molecule has 0 rings (SSSR count). The lowest BCUT2D eigenvalue weighted by atomic mass is 10.4. The van der Waals surface area contributed by atoms with Gasteiger partial charge in [-0.3, -0.25) is 4.79 Å². The average molecular weight is 160 g/mol. The fourth-order valence-corrected chi connectivity index (χ4v) is 0.516. The van der Waals surface area contributed by atoms with Gasteiger partial charge in [0, 0.05) is 20.1 Å². The van der Waals surface area contributed by atoms with Gasteiger partial charge in [0.2, 0.25) is 0 Å². The topological polar surface area (TPSA) is 52.6 Å². The maximum atomic E-state index is 10.5. The van der Waals surface area contributed by atoms with Gasteiger partial charge in [-0.2, -0.15) is 0 Å². The predicted molar refractivity (Wildman–Crippen MR) is 38.1 cm³/mol. The zero-order valence-corrected chi connectivity index (χ0v) is 6.54. The highest BCUT2D eigenvalue weighted by Gasteiger charge is 1.99. The van der Waals surface area contributed by atoms with E-state index in [1.807, 2.05) is 0 Å². The molecule has 0 saturated carbocycles. The van der Waals surface area contributed by atoms with Crippen molar-refractivity contribution < 1.29 is 19.1 Å². The van der Waals surface area contributed by atoms with E-state index in [0.717, 1.165) is 0 Å². The predicted octanol–water partition coefficient (Wildman–Crippen LogP) is 0.155. The van der Waals surface area contributed by atoms with E-state index in [9.17, 15) is 9.59 Å². The van der Waals surface area contributed by atoms with Crippen LogP contribution in [-0.4, -0.2) is 32.6 Å². The van der Waals surface area contributed by atoms with E-state index in [1.165, 1.54) is 0 Å². The molecule has 0 aromatic rings. The summed E-state index contributed by atoms with van der Waals surface area (Å²) in [5.74, 6) is -0.476. The van der Waals surface area contributed by atoms with Crippen molar-refractivity contribution in [2.75, 3.05) is 20.3 Å². The van der Waals surface area contributed by atoms with Crippen LogP contribution in [-0.2, 0) is 19.1 Å². The van der Waals surface area contributed by atoms with Gasteiger partial charge in [-0.15, -0.1) is 0 Å². The zero-order valence-electron chi connectivity index (χ0n) is 6.54. The Morgan fingerprint density at radius 1 is 1.45 bits per heavy atom. The molecule has 11 heavy (non-hydrogen) atoms. The maximum absolute atomic E-state index is 10.5. The first-order valence-electron chi connectivity index (χ1n) is 3.39.